The highest BCUT2D eigenvalue weighted by Crippen LogP contribution is 2.30. The van der Waals surface area contributed by atoms with E-state index in [2.05, 4.69) is 25.9 Å². The van der Waals surface area contributed by atoms with Gasteiger partial charge in [-0.15, -0.1) is 0 Å². The Bertz CT molecular complexity index is 268. The van der Waals surface area contributed by atoms with Gasteiger partial charge in [-0.3, -0.25) is 4.79 Å². The van der Waals surface area contributed by atoms with E-state index >= 15 is 0 Å². The molecule has 2 N–H and O–H groups in total. The maximum Gasteiger partial charge on any atom is 0.225 e. The monoisotopic (exact) mass is 269 g/mol. The Kier molecular flexibility index (Phi) is 7.39. The van der Waals surface area contributed by atoms with Crippen molar-refractivity contribution in [2.24, 2.45) is 17.6 Å². The molecule has 2 atom stereocenters. The Morgan fingerprint density at radius 2 is 1.89 bits per heavy atom. The smallest absolute Gasteiger partial charge is 0.225 e. The Hall–Kier alpha value is -0.610. The minimum atomic E-state index is 0.179. The normalized spacial score (nSPS) is 23.6. The van der Waals surface area contributed by atoms with E-state index in [1.807, 2.05) is 4.90 Å². The zero-order chi connectivity index (χ0) is 14.3. The van der Waals surface area contributed by atoms with E-state index in [-0.39, 0.29) is 5.92 Å². The van der Waals surface area contributed by atoms with Crippen LogP contribution >= 0.6 is 0 Å². The summed E-state index contributed by atoms with van der Waals surface area (Å²) in [4.78, 5) is 16.8. The number of carbonyl (C=O) groups excluding carboxylic acids is 1. The third-order valence-electron chi connectivity index (χ3n) is 4.26. The lowest BCUT2D eigenvalue weighted by Gasteiger charge is -2.34. The number of carbonyl (C=O) groups is 1. The first kappa shape index (κ1) is 16.4. The Labute approximate surface area is 118 Å². The van der Waals surface area contributed by atoms with E-state index < -0.39 is 0 Å². The van der Waals surface area contributed by atoms with E-state index in [1.165, 1.54) is 12.8 Å². The molecular weight excluding hydrogens is 238 g/mol. The van der Waals surface area contributed by atoms with Gasteiger partial charge in [-0.1, -0.05) is 12.8 Å². The fourth-order valence-electron chi connectivity index (χ4n) is 3.05. The Morgan fingerprint density at radius 3 is 2.47 bits per heavy atom. The highest BCUT2D eigenvalue weighted by atomic mass is 16.2. The predicted molar refractivity (Wildman–Crippen MR) is 79.9 cm³/mol. The minimum Gasteiger partial charge on any atom is -0.343 e. The van der Waals surface area contributed by atoms with Gasteiger partial charge < -0.3 is 15.5 Å². The summed E-state index contributed by atoms with van der Waals surface area (Å²) in [6.07, 6.45) is 5.63. The second kappa shape index (κ2) is 8.54. The van der Waals surface area contributed by atoms with Crippen molar-refractivity contribution in [3.63, 3.8) is 0 Å². The standard InChI is InChI=1S/C15H31N3O/c1-4-18(11-7-10-17(2)3)15(19)14-9-6-5-8-13(14)12-16/h13-14H,4-12,16H2,1-3H3. The lowest BCUT2D eigenvalue weighted by atomic mass is 9.78. The molecule has 1 aliphatic carbocycles. The van der Waals surface area contributed by atoms with E-state index in [4.69, 9.17) is 5.73 Å². The van der Waals surface area contributed by atoms with Gasteiger partial charge in [-0.2, -0.15) is 0 Å². The van der Waals surface area contributed by atoms with Crippen LogP contribution in [0, 0.1) is 11.8 Å². The highest BCUT2D eigenvalue weighted by Gasteiger charge is 2.32. The lowest BCUT2D eigenvalue weighted by Crippen LogP contribution is -2.43. The van der Waals surface area contributed by atoms with Crippen LogP contribution in [0.4, 0.5) is 0 Å². The quantitative estimate of drug-likeness (QED) is 0.763. The third-order valence-corrected chi connectivity index (χ3v) is 4.26. The summed E-state index contributed by atoms with van der Waals surface area (Å²) in [5, 5.41) is 0. The topological polar surface area (TPSA) is 49.6 Å². The van der Waals surface area contributed by atoms with E-state index in [0.717, 1.165) is 38.9 Å². The highest BCUT2D eigenvalue weighted by molar-refractivity contribution is 5.79. The van der Waals surface area contributed by atoms with Crippen LogP contribution in [0.15, 0.2) is 0 Å². The maximum atomic E-state index is 12.6. The van der Waals surface area contributed by atoms with Gasteiger partial charge in [0.15, 0.2) is 0 Å². The molecule has 0 aliphatic heterocycles. The zero-order valence-corrected chi connectivity index (χ0v) is 12.9. The van der Waals surface area contributed by atoms with Crippen molar-refractivity contribution in [2.75, 3.05) is 40.3 Å². The number of amides is 1. The van der Waals surface area contributed by atoms with Crippen LogP contribution in [0.1, 0.15) is 39.0 Å². The van der Waals surface area contributed by atoms with Crippen molar-refractivity contribution in [1.82, 2.24) is 9.80 Å². The van der Waals surface area contributed by atoms with Crippen LogP contribution in [-0.4, -0.2) is 56.0 Å². The molecule has 0 radical (unpaired) electrons. The summed E-state index contributed by atoms with van der Waals surface area (Å²) in [5.41, 5.74) is 5.84. The second-order valence-corrected chi connectivity index (χ2v) is 5.96. The molecule has 0 saturated heterocycles. The van der Waals surface area contributed by atoms with Crippen LogP contribution in [-0.2, 0) is 4.79 Å². The summed E-state index contributed by atoms with van der Waals surface area (Å²) in [5.74, 6) is 0.929. The fourth-order valence-corrected chi connectivity index (χ4v) is 3.05. The summed E-state index contributed by atoms with van der Waals surface area (Å²) >= 11 is 0. The van der Waals surface area contributed by atoms with Crippen molar-refractivity contribution < 1.29 is 4.79 Å². The molecule has 1 aliphatic rings. The number of nitrogens with zero attached hydrogens (tertiary/aromatic N) is 2. The summed E-state index contributed by atoms with van der Waals surface area (Å²) in [6, 6.07) is 0. The number of rotatable bonds is 7. The van der Waals surface area contributed by atoms with Crippen molar-refractivity contribution >= 4 is 5.91 Å². The molecular formula is C15H31N3O. The van der Waals surface area contributed by atoms with Gasteiger partial charge in [-0.25, -0.2) is 0 Å². The van der Waals surface area contributed by atoms with Crippen molar-refractivity contribution in [3.05, 3.63) is 0 Å². The molecule has 0 spiro atoms. The average molecular weight is 269 g/mol. The molecule has 112 valence electrons. The molecule has 0 bridgehead atoms. The molecule has 1 amide bonds. The molecule has 19 heavy (non-hydrogen) atoms. The van der Waals surface area contributed by atoms with Gasteiger partial charge in [0.2, 0.25) is 5.91 Å². The van der Waals surface area contributed by atoms with Crippen molar-refractivity contribution in [3.8, 4) is 0 Å². The van der Waals surface area contributed by atoms with E-state index in [9.17, 15) is 4.79 Å². The zero-order valence-electron chi connectivity index (χ0n) is 12.9. The van der Waals surface area contributed by atoms with Gasteiger partial charge in [0.05, 0.1) is 0 Å². The summed E-state index contributed by atoms with van der Waals surface area (Å²) in [6.45, 7) is 5.47. The molecule has 0 aromatic rings. The Morgan fingerprint density at radius 1 is 1.21 bits per heavy atom. The van der Waals surface area contributed by atoms with E-state index in [0.29, 0.717) is 18.4 Å². The van der Waals surface area contributed by atoms with Gasteiger partial charge in [-0.05, 0) is 59.3 Å². The lowest BCUT2D eigenvalue weighted by molar-refractivity contribution is -0.138. The van der Waals surface area contributed by atoms with Crippen LogP contribution in [0.2, 0.25) is 0 Å². The van der Waals surface area contributed by atoms with Crippen LogP contribution in [0.3, 0.4) is 0 Å². The van der Waals surface area contributed by atoms with E-state index in [1.54, 1.807) is 0 Å². The SMILES string of the molecule is CCN(CCCN(C)C)C(=O)C1CCCCC1CN. The first-order valence-electron chi connectivity index (χ1n) is 7.73. The van der Waals surface area contributed by atoms with Crippen LogP contribution in [0.5, 0.6) is 0 Å². The third kappa shape index (κ3) is 5.11. The number of nitrogens with two attached hydrogens (primary N) is 1. The molecule has 0 aromatic carbocycles. The minimum absolute atomic E-state index is 0.179. The molecule has 0 aromatic heterocycles. The van der Waals surface area contributed by atoms with Gasteiger partial charge >= 0.3 is 0 Å². The van der Waals surface area contributed by atoms with Gasteiger partial charge in [0.1, 0.15) is 0 Å². The molecule has 4 nitrogen and oxygen atoms in total. The van der Waals surface area contributed by atoms with Gasteiger partial charge in [0, 0.05) is 19.0 Å². The fraction of sp³-hybridized carbons (Fsp3) is 0.933. The molecule has 0 heterocycles. The van der Waals surface area contributed by atoms with Crippen molar-refractivity contribution in [2.45, 2.75) is 39.0 Å². The van der Waals surface area contributed by atoms with Crippen LogP contribution in [0.25, 0.3) is 0 Å². The molecule has 1 fully saturated rings. The average Bonchev–Trinajstić information content (AvgIpc) is 2.42. The van der Waals surface area contributed by atoms with Crippen molar-refractivity contribution in [1.29, 1.82) is 0 Å². The molecule has 1 saturated carbocycles. The van der Waals surface area contributed by atoms with Gasteiger partial charge in [0.25, 0.3) is 0 Å². The Balaban J connectivity index is 2.51. The maximum absolute atomic E-state index is 12.6. The molecule has 2 unspecified atom stereocenters. The number of hydrogen-bond donors (Lipinski definition) is 1. The summed E-state index contributed by atoms with van der Waals surface area (Å²) < 4.78 is 0. The second-order valence-electron chi connectivity index (χ2n) is 5.96. The largest absolute Gasteiger partial charge is 0.343 e. The number of hydrogen-bond acceptors (Lipinski definition) is 3. The van der Waals surface area contributed by atoms with Crippen LogP contribution < -0.4 is 5.73 Å². The first-order valence-corrected chi connectivity index (χ1v) is 7.73. The molecule has 4 heteroatoms. The first-order chi connectivity index (χ1) is 9.10. The summed E-state index contributed by atoms with van der Waals surface area (Å²) in [7, 11) is 4.15. The molecule has 1 rings (SSSR count). The predicted octanol–water partition coefficient (Wildman–Crippen LogP) is 1.55.